The second kappa shape index (κ2) is 8.09. The maximum atomic E-state index is 12.7. The van der Waals surface area contributed by atoms with Crippen LogP contribution in [0, 0.1) is 13.8 Å². The zero-order chi connectivity index (χ0) is 21.3. The largest absolute Gasteiger partial charge is 0.464 e. The molecule has 0 saturated heterocycles. The predicted molar refractivity (Wildman–Crippen MR) is 109 cm³/mol. The van der Waals surface area contributed by atoms with Gasteiger partial charge in [0.15, 0.2) is 11.9 Å². The van der Waals surface area contributed by atoms with Crippen LogP contribution in [0.2, 0.25) is 0 Å². The molecule has 2 aromatic carbocycles. The van der Waals surface area contributed by atoms with E-state index in [0.717, 1.165) is 17.2 Å². The lowest BCUT2D eigenvalue weighted by Gasteiger charge is -2.29. The van der Waals surface area contributed by atoms with Crippen molar-refractivity contribution >= 4 is 26.9 Å². The monoisotopic (exact) mass is 408 g/mol. The lowest BCUT2D eigenvalue weighted by molar-refractivity contribution is -0.167. The van der Waals surface area contributed by atoms with Gasteiger partial charge in [-0.05, 0) is 58.1 Å². The third kappa shape index (κ3) is 5.23. The molecule has 0 aromatic heterocycles. The second-order valence-corrected chi connectivity index (χ2v) is 9.33. The van der Waals surface area contributed by atoms with Crippen molar-refractivity contribution in [1.29, 1.82) is 0 Å². The first-order valence-electron chi connectivity index (χ1n) is 9.10. The fraction of sp³-hybridized carbons (Fsp3) is 0.476. The molecule has 0 aliphatic carbocycles. The van der Waals surface area contributed by atoms with Gasteiger partial charge in [0.2, 0.25) is 0 Å². The van der Waals surface area contributed by atoms with Gasteiger partial charge in [-0.25, -0.2) is 4.79 Å². The van der Waals surface area contributed by atoms with Gasteiger partial charge in [0.1, 0.15) is 0 Å². The van der Waals surface area contributed by atoms with Gasteiger partial charge in [0, 0.05) is 10.9 Å². The molecule has 154 valence electrons. The van der Waals surface area contributed by atoms with Crippen molar-refractivity contribution in [2.75, 3.05) is 12.9 Å². The topological polar surface area (TPSA) is 78.9 Å². The summed E-state index contributed by atoms with van der Waals surface area (Å²) in [7, 11) is -3.84. The van der Waals surface area contributed by atoms with Crippen molar-refractivity contribution in [1.82, 2.24) is 0 Å². The second-order valence-electron chi connectivity index (χ2n) is 7.76. The molecule has 0 saturated carbocycles. The lowest BCUT2D eigenvalue weighted by atomic mass is 9.94. The summed E-state index contributed by atoms with van der Waals surface area (Å²) in [5.41, 5.74) is 1.34. The number of hydrogen-bond acceptors (Lipinski definition) is 6. The number of carbonyl (C=O) groups is 1. The molecule has 28 heavy (non-hydrogen) atoms. The van der Waals surface area contributed by atoms with Crippen molar-refractivity contribution in [3.8, 4) is 5.75 Å². The first kappa shape index (κ1) is 22.2. The van der Waals surface area contributed by atoms with Crippen LogP contribution in [-0.2, 0) is 24.4 Å². The van der Waals surface area contributed by atoms with Crippen LogP contribution >= 0.6 is 0 Å². The highest BCUT2D eigenvalue weighted by Crippen LogP contribution is 2.41. The van der Waals surface area contributed by atoms with Crippen LogP contribution in [0.5, 0.6) is 5.75 Å². The highest BCUT2D eigenvalue weighted by atomic mass is 32.2. The van der Waals surface area contributed by atoms with E-state index in [-0.39, 0.29) is 12.4 Å². The number of fused-ring (bicyclic) bond motifs is 1. The Hall–Kier alpha value is -2.12. The Kier molecular flexibility index (Phi) is 6.41. The van der Waals surface area contributed by atoms with Gasteiger partial charge < -0.3 is 13.7 Å². The van der Waals surface area contributed by atoms with E-state index >= 15 is 0 Å². The number of benzene rings is 2. The minimum Gasteiger partial charge on any atom is -0.464 e. The molecule has 2 aromatic rings. The fourth-order valence-corrected chi connectivity index (χ4v) is 3.53. The molecule has 2 rings (SSSR count). The molecule has 0 N–H and O–H groups in total. The van der Waals surface area contributed by atoms with E-state index in [9.17, 15) is 13.2 Å². The van der Waals surface area contributed by atoms with Crippen molar-refractivity contribution < 1.29 is 26.9 Å². The Labute approximate surface area is 166 Å². The maximum absolute atomic E-state index is 12.7. The molecule has 7 heteroatoms. The zero-order valence-corrected chi connectivity index (χ0v) is 18.3. The van der Waals surface area contributed by atoms with Crippen LogP contribution in [0.1, 0.15) is 50.5 Å². The summed E-state index contributed by atoms with van der Waals surface area (Å²) in [6.45, 7) is 11.1. The molecule has 0 aliphatic rings. The Balaban J connectivity index is 2.86. The van der Waals surface area contributed by atoms with E-state index in [1.807, 2.05) is 45.9 Å². The molecule has 0 amide bonds. The van der Waals surface area contributed by atoms with E-state index in [1.54, 1.807) is 19.9 Å². The van der Waals surface area contributed by atoms with Gasteiger partial charge >= 0.3 is 16.1 Å². The number of esters is 1. The SMILES string of the molecule is CCOC(=O)[C@@H](OC(C)(C)C)c1c(C)cc2c(C)cccc2c1OS(C)(=O)=O. The number of carbonyl (C=O) groups excluding carboxylic acids is 1. The minimum absolute atomic E-state index is 0.100. The third-order valence-electron chi connectivity index (χ3n) is 4.07. The molecule has 0 unspecified atom stereocenters. The van der Waals surface area contributed by atoms with E-state index in [2.05, 4.69) is 0 Å². The Morgan fingerprint density at radius 2 is 1.75 bits per heavy atom. The highest BCUT2D eigenvalue weighted by Gasteiger charge is 2.34. The Morgan fingerprint density at radius 1 is 1.11 bits per heavy atom. The molecule has 6 nitrogen and oxygen atoms in total. The highest BCUT2D eigenvalue weighted by molar-refractivity contribution is 7.86. The smallest absolute Gasteiger partial charge is 0.340 e. The zero-order valence-electron chi connectivity index (χ0n) is 17.5. The predicted octanol–water partition coefficient (Wildman–Crippen LogP) is 4.21. The van der Waals surface area contributed by atoms with Gasteiger partial charge in [0.25, 0.3) is 0 Å². The van der Waals surface area contributed by atoms with E-state index in [4.69, 9.17) is 13.7 Å². The first-order valence-corrected chi connectivity index (χ1v) is 10.9. The van der Waals surface area contributed by atoms with Crippen LogP contribution in [0.15, 0.2) is 24.3 Å². The van der Waals surface area contributed by atoms with E-state index < -0.39 is 27.8 Å². The fourth-order valence-electron chi connectivity index (χ4n) is 3.05. The van der Waals surface area contributed by atoms with Crippen molar-refractivity contribution in [2.45, 2.75) is 53.2 Å². The average Bonchev–Trinajstić information content (AvgIpc) is 2.52. The van der Waals surface area contributed by atoms with E-state index in [0.29, 0.717) is 16.5 Å². The summed E-state index contributed by atoms with van der Waals surface area (Å²) in [6.07, 6.45) is -0.147. The molecule has 0 radical (unpaired) electrons. The van der Waals surface area contributed by atoms with Crippen LogP contribution in [-0.4, -0.2) is 32.9 Å². The molecule has 1 atom stereocenters. The molecular formula is C21H28O6S. The van der Waals surface area contributed by atoms with Gasteiger partial charge in [-0.1, -0.05) is 24.3 Å². The number of rotatable bonds is 6. The van der Waals surface area contributed by atoms with Gasteiger partial charge in [0.05, 0.1) is 18.5 Å². The minimum atomic E-state index is -3.84. The number of hydrogen-bond donors (Lipinski definition) is 0. The van der Waals surface area contributed by atoms with Crippen molar-refractivity contribution in [3.63, 3.8) is 0 Å². The number of aryl methyl sites for hydroxylation is 2. The third-order valence-corrected chi connectivity index (χ3v) is 4.54. The van der Waals surface area contributed by atoms with Crippen LogP contribution in [0.3, 0.4) is 0 Å². The number of ether oxygens (including phenoxy) is 2. The molecule has 0 spiro atoms. The van der Waals surface area contributed by atoms with Gasteiger partial charge in [-0.15, -0.1) is 0 Å². The molecule has 0 bridgehead atoms. The summed E-state index contributed by atoms with van der Waals surface area (Å²) >= 11 is 0. The van der Waals surface area contributed by atoms with Crippen LogP contribution < -0.4 is 4.18 Å². The average molecular weight is 409 g/mol. The first-order chi connectivity index (χ1) is 12.8. The summed E-state index contributed by atoms with van der Waals surface area (Å²) in [5.74, 6) is -0.491. The summed E-state index contributed by atoms with van der Waals surface area (Å²) in [6, 6.07) is 7.43. The van der Waals surface area contributed by atoms with Crippen molar-refractivity contribution in [2.24, 2.45) is 0 Å². The molecule has 0 aliphatic heterocycles. The summed E-state index contributed by atoms with van der Waals surface area (Å²) in [5, 5.41) is 1.44. The standard InChI is InChI=1S/C21H28O6S/c1-8-25-20(22)19(26-21(4,5)6)17-14(3)12-16-13(2)10-9-11-15(16)18(17)27-28(7,23)24/h9-12,19H,8H2,1-7H3/t19-/m0/s1. The van der Waals surface area contributed by atoms with Crippen molar-refractivity contribution in [3.05, 3.63) is 41.0 Å². The maximum Gasteiger partial charge on any atom is 0.340 e. The van der Waals surface area contributed by atoms with Gasteiger partial charge in [-0.3, -0.25) is 0 Å². The van der Waals surface area contributed by atoms with Crippen LogP contribution in [0.4, 0.5) is 0 Å². The van der Waals surface area contributed by atoms with Gasteiger partial charge in [-0.2, -0.15) is 8.42 Å². The van der Waals surface area contributed by atoms with E-state index in [1.165, 1.54) is 0 Å². The Bertz CT molecular complexity index is 986. The molecule has 0 fully saturated rings. The molecular weight excluding hydrogens is 380 g/mol. The summed E-state index contributed by atoms with van der Waals surface area (Å²) in [4.78, 5) is 12.7. The quantitative estimate of drug-likeness (QED) is 0.526. The summed E-state index contributed by atoms with van der Waals surface area (Å²) < 4.78 is 40.6. The lowest BCUT2D eigenvalue weighted by Crippen LogP contribution is -2.29. The molecule has 0 heterocycles. The normalized spacial score (nSPS) is 13.4. The Morgan fingerprint density at radius 3 is 2.29 bits per heavy atom. The van der Waals surface area contributed by atoms with Crippen LogP contribution in [0.25, 0.3) is 10.8 Å².